The van der Waals surface area contributed by atoms with Crippen LogP contribution in [0.25, 0.3) is 10.2 Å². The number of benzene rings is 2. The zero-order valence-electron chi connectivity index (χ0n) is 12.2. The molecule has 7 heteroatoms. The quantitative estimate of drug-likeness (QED) is 0.703. The van der Waals surface area contributed by atoms with Gasteiger partial charge in [0.2, 0.25) is 0 Å². The van der Waals surface area contributed by atoms with Crippen molar-refractivity contribution in [2.45, 2.75) is 4.34 Å². The van der Waals surface area contributed by atoms with Crippen LogP contribution in [0.5, 0.6) is 5.75 Å². The van der Waals surface area contributed by atoms with Crippen LogP contribution in [-0.4, -0.2) is 23.8 Å². The van der Waals surface area contributed by atoms with Crippen LogP contribution < -0.4 is 10.1 Å². The molecule has 0 atom stereocenters. The molecule has 4 nitrogen and oxygen atoms in total. The lowest BCUT2D eigenvalue weighted by Gasteiger charge is -2.07. The van der Waals surface area contributed by atoms with Gasteiger partial charge in [0, 0.05) is 5.69 Å². The van der Waals surface area contributed by atoms with Gasteiger partial charge in [0.25, 0.3) is 5.91 Å². The minimum absolute atomic E-state index is 0.136. The molecular formula is C16H13FN2O2S2. The number of hydrogen-bond acceptors (Lipinski definition) is 5. The van der Waals surface area contributed by atoms with Gasteiger partial charge in [-0.1, -0.05) is 11.8 Å². The van der Waals surface area contributed by atoms with E-state index < -0.39 is 0 Å². The molecule has 0 aliphatic rings. The number of ether oxygens (including phenoxy) is 1. The number of anilines is 1. The van der Waals surface area contributed by atoms with Gasteiger partial charge in [0.1, 0.15) is 11.6 Å². The molecule has 1 amide bonds. The van der Waals surface area contributed by atoms with Gasteiger partial charge >= 0.3 is 0 Å². The lowest BCUT2D eigenvalue weighted by molar-refractivity contribution is -0.118. The maximum absolute atomic E-state index is 12.8. The van der Waals surface area contributed by atoms with Crippen LogP contribution in [0.2, 0.25) is 0 Å². The SMILES string of the molecule is CSc1nc2ccc(NC(=O)COc3ccc(F)cc3)cc2s1. The molecule has 0 aliphatic heterocycles. The Balaban J connectivity index is 1.61. The smallest absolute Gasteiger partial charge is 0.262 e. The van der Waals surface area contributed by atoms with Crippen molar-refractivity contribution in [3.63, 3.8) is 0 Å². The van der Waals surface area contributed by atoms with Crippen molar-refractivity contribution in [1.29, 1.82) is 0 Å². The van der Waals surface area contributed by atoms with Crippen LogP contribution in [0.15, 0.2) is 46.8 Å². The van der Waals surface area contributed by atoms with E-state index in [2.05, 4.69) is 10.3 Å². The highest BCUT2D eigenvalue weighted by molar-refractivity contribution is 8.00. The highest BCUT2D eigenvalue weighted by Crippen LogP contribution is 2.29. The van der Waals surface area contributed by atoms with E-state index in [-0.39, 0.29) is 18.3 Å². The largest absolute Gasteiger partial charge is 0.484 e. The number of thioether (sulfide) groups is 1. The van der Waals surface area contributed by atoms with Crippen molar-refractivity contribution in [2.75, 3.05) is 18.2 Å². The Kier molecular flexibility index (Phi) is 4.78. The third-order valence-corrected chi connectivity index (χ3v) is 5.01. The van der Waals surface area contributed by atoms with E-state index in [1.165, 1.54) is 24.3 Å². The Labute approximate surface area is 140 Å². The molecule has 1 aromatic heterocycles. The highest BCUT2D eigenvalue weighted by Gasteiger charge is 2.07. The number of halogens is 1. The molecule has 0 saturated carbocycles. The normalized spacial score (nSPS) is 10.7. The van der Waals surface area contributed by atoms with E-state index in [0.29, 0.717) is 11.4 Å². The predicted molar refractivity (Wildman–Crippen MR) is 91.9 cm³/mol. The second kappa shape index (κ2) is 6.97. The number of thiazole rings is 1. The standard InChI is InChI=1S/C16H13FN2O2S2/c1-22-16-19-13-7-4-11(8-14(13)23-16)18-15(20)9-21-12-5-2-10(17)3-6-12/h2-8H,9H2,1H3,(H,18,20). The number of nitrogens with zero attached hydrogens (tertiary/aromatic N) is 1. The molecule has 0 radical (unpaired) electrons. The summed E-state index contributed by atoms with van der Waals surface area (Å²) in [6.45, 7) is -0.136. The molecule has 0 aliphatic carbocycles. The van der Waals surface area contributed by atoms with Gasteiger partial charge in [-0.05, 0) is 48.7 Å². The molecule has 23 heavy (non-hydrogen) atoms. The number of aromatic nitrogens is 1. The van der Waals surface area contributed by atoms with E-state index in [1.807, 2.05) is 24.5 Å². The fourth-order valence-electron chi connectivity index (χ4n) is 1.95. The van der Waals surface area contributed by atoms with Gasteiger partial charge in [0.05, 0.1) is 10.2 Å². The topological polar surface area (TPSA) is 51.2 Å². The summed E-state index contributed by atoms with van der Waals surface area (Å²) < 4.78 is 20.1. The third kappa shape index (κ3) is 4.00. The van der Waals surface area contributed by atoms with Crippen LogP contribution in [0.3, 0.4) is 0 Å². The maximum atomic E-state index is 12.8. The number of carbonyl (C=O) groups excluding carboxylic acids is 1. The van der Waals surface area contributed by atoms with Crippen LogP contribution >= 0.6 is 23.1 Å². The minimum atomic E-state index is -0.343. The molecule has 1 heterocycles. The molecule has 0 bridgehead atoms. The van der Waals surface area contributed by atoms with Gasteiger partial charge in [-0.15, -0.1) is 11.3 Å². The number of carbonyl (C=O) groups is 1. The van der Waals surface area contributed by atoms with Crippen LogP contribution in [0, 0.1) is 5.82 Å². The number of amides is 1. The van der Waals surface area contributed by atoms with E-state index >= 15 is 0 Å². The lowest BCUT2D eigenvalue weighted by atomic mass is 10.3. The number of hydrogen-bond donors (Lipinski definition) is 1. The van der Waals surface area contributed by atoms with Crippen molar-refractivity contribution in [2.24, 2.45) is 0 Å². The Hall–Kier alpha value is -2.12. The maximum Gasteiger partial charge on any atom is 0.262 e. The fraction of sp³-hybridized carbons (Fsp3) is 0.125. The predicted octanol–water partition coefficient (Wildman–Crippen LogP) is 4.17. The van der Waals surface area contributed by atoms with Gasteiger partial charge < -0.3 is 10.1 Å². The van der Waals surface area contributed by atoms with Crippen molar-refractivity contribution >= 4 is 44.9 Å². The molecule has 3 rings (SSSR count). The van der Waals surface area contributed by atoms with E-state index in [9.17, 15) is 9.18 Å². The van der Waals surface area contributed by atoms with Crippen molar-refractivity contribution in [3.05, 3.63) is 48.3 Å². The lowest BCUT2D eigenvalue weighted by Crippen LogP contribution is -2.20. The summed E-state index contributed by atoms with van der Waals surface area (Å²) in [5.74, 6) is -0.170. The Morgan fingerprint density at radius 3 is 2.83 bits per heavy atom. The average Bonchev–Trinajstić information content (AvgIpc) is 2.97. The molecule has 118 valence electrons. The van der Waals surface area contributed by atoms with Crippen molar-refractivity contribution in [1.82, 2.24) is 4.98 Å². The molecule has 0 spiro atoms. The van der Waals surface area contributed by atoms with E-state index in [4.69, 9.17) is 4.74 Å². The molecule has 0 fully saturated rings. The summed E-state index contributed by atoms with van der Waals surface area (Å²) in [4.78, 5) is 16.4. The monoisotopic (exact) mass is 348 g/mol. The zero-order valence-corrected chi connectivity index (χ0v) is 13.8. The molecular weight excluding hydrogens is 335 g/mol. The van der Waals surface area contributed by atoms with Gasteiger partial charge in [-0.25, -0.2) is 9.37 Å². The fourth-order valence-corrected chi connectivity index (χ4v) is 3.47. The first-order valence-electron chi connectivity index (χ1n) is 6.77. The first-order valence-corrected chi connectivity index (χ1v) is 8.81. The first-order chi connectivity index (χ1) is 11.1. The molecule has 2 aromatic carbocycles. The molecule has 0 unspecified atom stereocenters. The summed E-state index contributed by atoms with van der Waals surface area (Å²) in [5, 5.41) is 2.78. The zero-order chi connectivity index (χ0) is 16.2. The number of fused-ring (bicyclic) bond motifs is 1. The number of rotatable bonds is 5. The van der Waals surface area contributed by atoms with E-state index in [1.54, 1.807) is 23.1 Å². The van der Waals surface area contributed by atoms with E-state index in [0.717, 1.165) is 14.6 Å². The molecule has 1 N–H and O–H groups in total. The second-order valence-electron chi connectivity index (χ2n) is 4.66. The van der Waals surface area contributed by atoms with Gasteiger partial charge in [0.15, 0.2) is 10.9 Å². The van der Waals surface area contributed by atoms with Gasteiger partial charge in [-0.3, -0.25) is 4.79 Å². The highest BCUT2D eigenvalue weighted by atomic mass is 32.2. The van der Waals surface area contributed by atoms with Crippen molar-refractivity contribution in [3.8, 4) is 5.75 Å². The second-order valence-corrected chi connectivity index (χ2v) is 6.74. The van der Waals surface area contributed by atoms with Crippen molar-refractivity contribution < 1.29 is 13.9 Å². The molecule has 0 saturated heterocycles. The Bertz CT molecular complexity index is 834. The number of nitrogens with one attached hydrogen (secondary N) is 1. The van der Waals surface area contributed by atoms with Crippen LogP contribution in [0.4, 0.5) is 10.1 Å². The summed E-state index contributed by atoms with van der Waals surface area (Å²) in [6, 6.07) is 11.1. The van der Waals surface area contributed by atoms with Crippen LogP contribution in [0.1, 0.15) is 0 Å². The Morgan fingerprint density at radius 2 is 2.09 bits per heavy atom. The average molecular weight is 348 g/mol. The summed E-state index contributed by atoms with van der Waals surface area (Å²) >= 11 is 3.18. The first kappa shape index (κ1) is 15.8. The summed E-state index contributed by atoms with van der Waals surface area (Å²) in [6.07, 6.45) is 1.98. The van der Waals surface area contributed by atoms with Gasteiger partial charge in [-0.2, -0.15) is 0 Å². The summed E-state index contributed by atoms with van der Waals surface area (Å²) in [7, 11) is 0. The molecule has 3 aromatic rings. The summed E-state index contributed by atoms with van der Waals surface area (Å²) in [5.41, 5.74) is 1.61. The Morgan fingerprint density at radius 1 is 1.30 bits per heavy atom. The minimum Gasteiger partial charge on any atom is -0.484 e. The third-order valence-electron chi connectivity index (χ3n) is 3.01. The van der Waals surface area contributed by atoms with Crippen LogP contribution in [-0.2, 0) is 4.79 Å².